The van der Waals surface area contributed by atoms with Crippen LogP contribution in [0.15, 0.2) is 30.6 Å². The number of hydrogen-bond acceptors (Lipinski definition) is 4. The van der Waals surface area contributed by atoms with E-state index in [1.807, 2.05) is 0 Å². The fourth-order valence-electron chi connectivity index (χ4n) is 3.67. The van der Waals surface area contributed by atoms with Gasteiger partial charge in [0.15, 0.2) is 0 Å². The van der Waals surface area contributed by atoms with Gasteiger partial charge in [-0.15, -0.1) is 0 Å². The van der Waals surface area contributed by atoms with Gasteiger partial charge in [-0.3, -0.25) is 9.59 Å². The summed E-state index contributed by atoms with van der Waals surface area (Å²) in [6, 6.07) is 3.96. The average Bonchev–Trinajstić information content (AvgIpc) is 3.12. The first kappa shape index (κ1) is 24.6. The largest absolute Gasteiger partial charge is 0.444 e. The standard InChI is InChI=1S/C23H28ClFN4O4/c1-23(2,3)33-22(32)28-8-4-5-15(12-28)27-21(31)17-13-29(11-14(17)9-20(26)30)16-6-7-18(24)19(25)10-16/h6-7,10-11,13,15H,4-5,8-9,12H2,1-3H3,(H2,26,30)(H,27,31)/t15-/m0/s1. The molecular formula is C23H28ClFN4O4. The van der Waals surface area contributed by atoms with Crippen molar-refractivity contribution < 1.29 is 23.5 Å². The minimum Gasteiger partial charge on any atom is -0.444 e. The van der Waals surface area contributed by atoms with Crippen LogP contribution in [0.2, 0.25) is 5.02 Å². The van der Waals surface area contributed by atoms with Crippen molar-refractivity contribution in [1.29, 1.82) is 0 Å². The second-order valence-corrected chi connectivity index (χ2v) is 9.49. The molecule has 33 heavy (non-hydrogen) atoms. The highest BCUT2D eigenvalue weighted by Crippen LogP contribution is 2.22. The zero-order valence-electron chi connectivity index (χ0n) is 18.9. The number of nitrogens with one attached hydrogen (secondary N) is 1. The molecule has 1 aromatic heterocycles. The van der Waals surface area contributed by atoms with Crippen LogP contribution in [0, 0.1) is 5.82 Å². The zero-order valence-corrected chi connectivity index (χ0v) is 19.6. The zero-order chi connectivity index (χ0) is 24.3. The molecule has 3 amide bonds. The molecule has 3 N–H and O–H groups in total. The summed E-state index contributed by atoms with van der Waals surface area (Å²) in [5.41, 5.74) is 5.85. The van der Waals surface area contributed by atoms with Crippen LogP contribution in [0.4, 0.5) is 9.18 Å². The number of likely N-dealkylation sites (tertiary alicyclic amines) is 1. The molecule has 10 heteroatoms. The number of aromatic nitrogens is 1. The van der Waals surface area contributed by atoms with Crippen molar-refractivity contribution in [3.63, 3.8) is 0 Å². The summed E-state index contributed by atoms with van der Waals surface area (Å²) in [4.78, 5) is 38.6. The maximum atomic E-state index is 13.9. The summed E-state index contributed by atoms with van der Waals surface area (Å²) < 4.78 is 20.9. The Morgan fingerprint density at radius 2 is 2.00 bits per heavy atom. The number of primary amides is 1. The number of nitrogens with zero attached hydrogens (tertiary/aromatic N) is 2. The third-order valence-electron chi connectivity index (χ3n) is 5.13. The Morgan fingerprint density at radius 1 is 1.27 bits per heavy atom. The number of carbonyl (C=O) groups excluding carboxylic acids is 3. The highest BCUT2D eigenvalue weighted by molar-refractivity contribution is 6.30. The van der Waals surface area contributed by atoms with Crippen molar-refractivity contribution in [2.24, 2.45) is 5.73 Å². The third kappa shape index (κ3) is 6.47. The van der Waals surface area contributed by atoms with Gasteiger partial charge in [-0.05, 0) is 57.4 Å². The summed E-state index contributed by atoms with van der Waals surface area (Å²) in [5, 5.41) is 2.91. The van der Waals surface area contributed by atoms with Gasteiger partial charge >= 0.3 is 6.09 Å². The molecule has 0 spiro atoms. The summed E-state index contributed by atoms with van der Waals surface area (Å²) in [6.07, 6.45) is 3.91. The quantitative estimate of drug-likeness (QED) is 0.686. The van der Waals surface area contributed by atoms with Crippen LogP contribution < -0.4 is 11.1 Å². The van der Waals surface area contributed by atoms with Gasteiger partial charge in [0.05, 0.1) is 17.0 Å². The van der Waals surface area contributed by atoms with E-state index in [1.54, 1.807) is 42.5 Å². The van der Waals surface area contributed by atoms with E-state index in [4.69, 9.17) is 22.1 Å². The van der Waals surface area contributed by atoms with E-state index in [9.17, 15) is 18.8 Å². The molecule has 0 aliphatic carbocycles. The third-order valence-corrected chi connectivity index (χ3v) is 5.43. The molecule has 1 atom stereocenters. The number of hydrogen-bond donors (Lipinski definition) is 2. The molecule has 8 nitrogen and oxygen atoms in total. The minimum absolute atomic E-state index is 0.0203. The topological polar surface area (TPSA) is 107 Å². The number of piperidine rings is 1. The number of benzene rings is 1. The van der Waals surface area contributed by atoms with Crippen LogP contribution in [0.3, 0.4) is 0 Å². The molecule has 1 fully saturated rings. The molecule has 1 aliphatic heterocycles. The first-order valence-electron chi connectivity index (χ1n) is 10.7. The van der Waals surface area contributed by atoms with E-state index in [0.29, 0.717) is 37.2 Å². The van der Waals surface area contributed by atoms with Crippen molar-refractivity contribution >= 4 is 29.5 Å². The number of carbonyl (C=O) groups is 3. The summed E-state index contributed by atoms with van der Waals surface area (Å²) in [7, 11) is 0. The smallest absolute Gasteiger partial charge is 0.410 e. The second kappa shape index (κ2) is 9.82. The molecule has 3 rings (SSSR count). The predicted octanol–water partition coefficient (Wildman–Crippen LogP) is 3.43. The average molecular weight is 479 g/mol. The molecule has 2 aromatic rings. The maximum Gasteiger partial charge on any atom is 0.410 e. The first-order valence-corrected chi connectivity index (χ1v) is 11.0. The lowest BCUT2D eigenvalue weighted by atomic mass is 10.0. The number of nitrogens with two attached hydrogens (primary N) is 1. The molecule has 2 heterocycles. The SMILES string of the molecule is CC(C)(C)OC(=O)N1CCC[C@H](NC(=O)c2cn(-c3ccc(Cl)c(F)c3)cc2CC(N)=O)C1. The van der Waals surface area contributed by atoms with E-state index >= 15 is 0 Å². The summed E-state index contributed by atoms with van der Waals surface area (Å²) in [5.74, 6) is -1.61. The Hall–Kier alpha value is -3.07. The number of rotatable bonds is 5. The lowest BCUT2D eigenvalue weighted by Crippen LogP contribution is -2.50. The van der Waals surface area contributed by atoms with E-state index in [0.717, 1.165) is 0 Å². The van der Waals surface area contributed by atoms with Gasteiger partial charge in [0.1, 0.15) is 11.4 Å². The molecule has 1 saturated heterocycles. The highest BCUT2D eigenvalue weighted by atomic mass is 35.5. The van der Waals surface area contributed by atoms with Crippen LogP contribution in [0.25, 0.3) is 5.69 Å². The van der Waals surface area contributed by atoms with Gasteiger partial charge in [0.2, 0.25) is 5.91 Å². The van der Waals surface area contributed by atoms with Crippen molar-refractivity contribution in [3.8, 4) is 5.69 Å². The number of ether oxygens (including phenoxy) is 1. The molecule has 0 saturated carbocycles. The van der Waals surface area contributed by atoms with E-state index in [-0.39, 0.29) is 23.0 Å². The monoisotopic (exact) mass is 478 g/mol. The lowest BCUT2D eigenvalue weighted by Gasteiger charge is -2.34. The minimum atomic E-state index is -0.610. The van der Waals surface area contributed by atoms with Gasteiger partial charge in [0, 0.05) is 37.2 Å². The molecule has 0 unspecified atom stereocenters. The second-order valence-electron chi connectivity index (χ2n) is 9.08. The van der Waals surface area contributed by atoms with Crippen LogP contribution in [0.1, 0.15) is 49.5 Å². The van der Waals surface area contributed by atoms with Crippen LogP contribution in [-0.2, 0) is 16.0 Å². The van der Waals surface area contributed by atoms with Gasteiger partial charge in [-0.2, -0.15) is 0 Å². The number of halogens is 2. The Balaban J connectivity index is 1.78. The summed E-state index contributed by atoms with van der Waals surface area (Å²) >= 11 is 5.76. The van der Waals surface area contributed by atoms with Gasteiger partial charge < -0.3 is 25.3 Å². The molecule has 0 bridgehead atoms. The van der Waals surface area contributed by atoms with Crippen LogP contribution >= 0.6 is 11.6 Å². The normalized spacial score (nSPS) is 16.4. The van der Waals surface area contributed by atoms with Crippen molar-refractivity contribution in [3.05, 3.63) is 52.6 Å². The maximum absolute atomic E-state index is 13.9. The van der Waals surface area contributed by atoms with Gasteiger partial charge in [-0.1, -0.05) is 11.6 Å². The molecule has 0 radical (unpaired) electrons. The highest BCUT2D eigenvalue weighted by Gasteiger charge is 2.29. The van der Waals surface area contributed by atoms with E-state index < -0.39 is 29.3 Å². The van der Waals surface area contributed by atoms with Crippen molar-refractivity contribution in [2.75, 3.05) is 13.1 Å². The van der Waals surface area contributed by atoms with Crippen LogP contribution in [-0.4, -0.2) is 52.1 Å². The van der Waals surface area contributed by atoms with E-state index in [1.165, 1.54) is 18.3 Å². The Kier molecular flexibility index (Phi) is 7.31. The van der Waals surface area contributed by atoms with Gasteiger partial charge in [0.25, 0.3) is 5.91 Å². The fraction of sp³-hybridized carbons (Fsp3) is 0.435. The Morgan fingerprint density at radius 3 is 2.64 bits per heavy atom. The molecule has 178 valence electrons. The fourth-order valence-corrected chi connectivity index (χ4v) is 3.79. The molecular weight excluding hydrogens is 451 g/mol. The van der Waals surface area contributed by atoms with Crippen LogP contribution in [0.5, 0.6) is 0 Å². The summed E-state index contributed by atoms with van der Waals surface area (Å²) in [6.45, 7) is 6.25. The first-order chi connectivity index (χ1) is 15.4. The lowest BCUT2D eigenvalue weighted by molar-refractivity contribution is -0.117. The Labute approximate surface area is 196 Å². The molecule has 1 aromatic carbocycles. The van der Waals surface area contributed by atoms with Gasteiger partial charge in [-0.25, -0.2) is 9.18 Å². The predicted molar refractivity (Wildman–Crippen MR) is 122 cm³/mol. The molecule has 1 aliphatic rings. The van der Waals surface area contributed by atoms with Crippen molar-refractivity contribution in [2.45, 2.75) is 51.7 Å². The number of amides is 3. The van der Waals surface area contributed by atoms with E-state index in [2.05, 4.69) is 5.32 Å². The van der Waals surface area contributed by atoms with Crippen molar-refractivity contribution in [1.82, 2.24) is 14.8 Å². The Bertz CT molecular complexity index is 1060.